The van der Waals surface area contributed by atoms with E-state index in [-0.39, 0.29) is 17.9 Å². The Morgan fingerprint density at radius 2 is 1.85 bits per heavy atom. The maximum Gasteiger partial charge on any atom is 0.335 e. The molecule has 1 saturated carbocycles. The predicted molar refractivity (Wildman–Crippen MR) is 72.8 cm³/mol. The van der Waals surface area contributed by atoms with Crippen molar-refractivity contribution in [3.05, 3.63) is 35.4 Å². The summed E-state index contributed by atoms with van der Waals surface area (Å²) >= 11 is 0. The lowest BCUT2D eigenvalue weighted by atomic mass is 9.78. The van der Waals surface area contributed by atoms with Gasteiger partial charge in [-0.25, -0.2) is 17.9 Å². The van der Waals surface area contributed by atoms with Crippen molar-refractivity contribution in [2.45, 2.75) is 30.6 Å². The number of aromatic carboxylic acids is 1. The Hall–Kier alpha value is -1.44. The number of hydrogen-bond donors (Lipinski definition) is 3. The van der Waals surface area contributed by atoms with Crippen molar-refractivity contribution < 1.29 is 23.4 Å². The maximum absolute atomic E-state index is 12.0. The van der Waals surface area contributed by atoms with E-state index < -0.39 is 21.5 Å². The summed E-state index contributed by atoms with van der Waals surface area (Å²) in [6, 6.07) is 5.71. The molecule has 7 heteroatoms. The number of nitrogens with one attached hydrogen (secondary N) is 1. The quantitative estimate of drug-likeness (QED) is 0.718. The summed E-state index contributed by atoms with van der Waals surface area (Å²) in [6.45, 7) is -0.204. The normalized spacial score (nSPS) is 17.4. The third-order valence-electron chi connectivity index (χ3n) is 3.54. The first-order chi connectivity index (χ1) is 9.36. The summed E-state index contributed by atoms with van der Waals surface area (Å²) in [5.74, 6) is -1.28. The highest BCUT2D eigenvalue weighted by Gasteiger charge is 2.39. The molecule has 0 spiro atoms. The molecule has 0 bridgehead atoms. The van der Waals surface area contributed by atoms with Crippen LogP contribution in [0.3, 0.4) is 0 Å². The van der Waals surface area contributed by atoms with Crippen LogP contribution in [0.25, 0.3) is 0 Å². The second-order valence-corrected chi connectivity index (χ2v) is 6.88. The molecule has 0 amide bonds. The Labute approximate surface area is 117 Å². The average Bonchev–Trinajstić information content (AvgIpc) is 2.34. The predicted octanol–water partition coefficient (Wildman–Crippen LogP) is 0.719. The van der Waals surface area contributed by atoms with Crippen molar-refractivity contribution in [1.82, 2.24) is 4.72 Å². The summed E-state index contributed by atoms with van der Waals surface area (Å²) in [5.41, 5.74) is -0.0836. The van der Waals surface area contributed by atoms with Crippen LogP contribution >= 0.6 is 0 Å². The van der Waals surface area contributed by atoms with Crippen molar-refractivity contribution >= 4 is 16.0 Å². The van der Waals surface area contributed by atoms with E-state index in [0.29, 0.717) is 18.4 Å². The number of carboxylic acid groups (broad SMARTS) is 1. The van der Waals surface area contributed by atoms with Gasteiger partial charge in [0.1, 0.15) is 0 Å². The van der Waals surface area contributed by atoms with Crippen molar-refractivity contribution in [2.75, 3.05) is 6.61 Å². The van der Waals surface area contributed by atoms with Crippen LogP contribution in [0, 0.1) is 0 Å². The molecule has 0 radical (unpaired) electrons. The summed E-state index contributed by atoms with van der Waals surface area (Å²) < 4.78 is 26.6. The van der Waals surface area contributed by atoms with E-state index in [1.165, 1.54) is 24.3 Å². The van der Waals surface area contributed by atoms with Crippen LogP contribution in [-0.4, -0.2) is 36.7 Å². The van der Waals surface area contributed by atoms with Gasteiger partial charge in [0.15, 0.2) is 0 Å². The van der Waals surface area contributed by atoms with Crippen LogP contribution in [0.1, 0.15) is 35.2 Å². The van der Waals surface area contributed by atoms with E-state index in [1.54, 1.807) is 0 Å². The topological polar surface area (TPSA) is 104 Å². The fourth-order valence-electron chi connectivity index (χ4n) is 2.22. The molecular formula is C13H17NO5S. The lowest BCUT2D eigenvalue weighted by Crippen LogP contribution is -2.56. The highest BCUT2D eigenvalue weighted by atomic mass is 32.2. The maximum atomic E-state index is 12.0. The number of carbonyl (C=O) groups is 1. The molecule has 1 aliphatic carbocycles. The molecule has 1 fully saturated rings. The summed E-state index contributed by atoms with van der Waals surface area (Å²) in [5, 5.41) is 18.0. The molecule has 2 rings (SSSR count). The van der Waals surface area contributed by atoms with Gasteiger partial charge in [0.05, 0.1) is 23.5 Å². The molecule has 0 unspecified atom stereocenters. The van der Waals surface area contributed by atoms with E-state index in [0.717, 1.165) is 6.42 Å². The highest BCUT2D eigenvalue weighted by Crippen LogP contribution is 2.32. The Kier molecular flexibility index (Phi) is 4.12. The van der Waals surface area contributed by atoms with Gasteiger partial charge < -0.3 is 10.2 Å². The van der Waals surface area contributed by atoms with E-state index in [9.17, 15) is 18.3 Å². The van der Waals surface area contributed by atoms with Crippen LogP contribution in [-0.2, 0) is 15.8 Å². The lowest BCUT2D eigenvalue weighted by molar-refractivity contribution is 0.0697. The number of carboxylic acids is 1. The molecule has 0 atom stereocenters. The van der Waals surface area contributed by atoms with E-state index >= 15 is 0 Å². The standard InChI is InChI=1S/C13H17NO5S/c15-9-13(6-1-7-13)14-20(18,19)8-10-2-4-11(5-3-10)12(16)17/h2-5,14-15H,1,6-9H2,(H,16,17). The first-order valence-electron chi connectivity index (χ1n) is 6.31. The number of aliphatic hydroxyl groups excluding tert-OH is 1. The van der Waals surface area contributed by atoms with Crippen molar-refractivity contribution in [3.8, 4) is 0 Å². The molecule has 110 valence electrons. The zero-order chi connectivity index (χ0) is 14.8. The van der Waals surface area contributed by atoms with Crippen molar-refractivity contribution in [1.29, 1.82) is 0 Å². The summed E-state index contributed by atoms with van der Waals surface area (Å²) in [6.07, 6.45) is 2.18. The SMILES string of the molecule is O=C(O)c1ccc(CS(=O)(=O)NC2(CO)CCC2)cc1. The van der Waals surface area contributed by atoms with Crippen LogP contribution in [0.2, 0.25) is 0 Å². The molecule has 20 heavy (non-hydrogen) atoms. The minimum absolute atomic E-state index is 0.116. The fraction of sp³-hybridized carbons (Fsp3) is 0.462. The lowest BCUT2D eigenvalue weighted by Gasteiger charge is -2.40. The van der Waals surface area contributed by atoms with Gasteiger partial charge in [-0.05, 0) is 37.0 Å². The largest absolute Gasteiger partial charge is 0.478 e. The van der Waals surface area contributed by atoms with Gasteiger partial charge in [0, 0.05) is 0 Å². The van der Waals surface area contributed by atoms with Crippen molar-refractivity contribution in [3.63, 3.8) is 0 Å². The minimum Gasteiger partial charge on any atom is -0.478 e. The molecule has 0 heterocycles. The fourth-order valence-corrected chi connectivity index (χ4v) is 3.86. The van der Waals surface area contributed by atoms with Gasteiger partial charge in [-0.1, -0.05) is 12.1 Å². The second-order valence-electron chi connectivity index (χ2n) is 5.16. The Morgan fingerprint density at radius 3 is 2.25 bits per heavy atom. The zero-order valence-electron chi connectivity index (χ0n) is 10.9. The molecule has 6 nitrogen and oxygen atoms in total. The smallest absolute Gasteiger partial charge is 0.335 e. The highest BCUT2D eigenvalue weighted by molar-refractivity contribution is 7.88. The van der Waals surface area contributed by atoms with Crippen molar-refractivity contribution in [2.24, 2.45) is 0 Å². The molecule has 1 aliphatic rings. The van der Waals surface area contributed by atoms with Gasteiger partial charge in [0.2, 0.25) is 10.0 Å². The van der Waals surface area contributed by atoms with Gasteiger partial charge in [-0.15, -0.1) is 0 Å². The third kappa shape index (κ3) is 3.36. The number of rotatable bonds is 6. The van der Waals surface area contributed by atoms with Crippen LogP contribution in [0.15, 0.2) is 24.3 Å². The van der Waals surface area contributed by atoms with Crippen LogP contribution < -0.4 is 4.72 Å². The Morgan fingerprint density at radius 1 is 1.25 bits per heavy atom. The minimum atomic E-state index is -3.56. The molecule has 0 saturated heterocycles. The first-order valence-corrected chi connectivity index (χ1v) is 7.96. The third-order valence-corrected chi connectivity index (χ3v) is 5.00. The molecule has 3 N–H and O–H groups in total. The summed E-state index contributed by atoms with van der Waals surface area (Å²) in [4.78, 5) is 10.7. The van der Waals surface area contributed by atoms with E-state index in [2.05, 4.69) is 4.72 Å². The number of aliphatic hydroxyl groups is 1. The van der Waals surface area contributed by atoms with E-state index in [4.69, 9.17) is 5.11 Å². The Bertz CT molecular complexity index is 584. The summed E-state index contributed by atoms with van der Waals surface area (Å²) in [7, 11) is -3.56. The Balaban J connectivity index is 2.06. The monoisotopic (exact) mass is 299 g/mol. The average molecular weight is 299 g/mol. The van der Waals surface area contributed by atoms with Gasteiger partial charge in [0.25, 0.3) is 0 Å². The van der Waals surface area contributed by atoms with Crippen LogP contribution in [0.5, 0.6) is 0 Å². The zero-order valence-corrected chi connectivity index (χ0v) is 11.7. The molecule has 0 aliphatic heterocycles. The number of hydrogen-bond acceptors (Lipinski definition) is 4. The number of benzene rings is 1. The molecular weight excluding hydrogens is 282 g/mol. The molecule has 0 aromatic heterocycles. The van der Waals surface area contributed by atoms with Crippen LogP contribution in [0.4, 0.5) is 0 Å². The van der Waals surface area contributed by atoms with Gasteiger partial charge in [-0.3, -0.25) is 0 Å². The van der Waals surface area contributed by atoms with Gasteiger partial charge >= 0.3 is 5.97 Å². The molecule has 1 aromatic rings. The van der Waals surface area contributed by atoms with E-state index in [1.807, 2.05) is 0 Å². The van der Waals surface area contributed by atoms with Gasteiger partial charge in [-0.2, -0.15) is 0 Å². The first kappa shape index (κ1) is 15.0. The molecule has 1 aromatic carbocycles. The number of sulfonamides is 1. The second kappa shape index (κ2) is 5.51.